The summed E-state index contributed by atoms with van der Waals surface area (Å²) in [5.74, 6) is 1.44. The van der Waals surface area contributed by atoms with Gasteiger partial charge in [-0.05, 0) is 55.5 Å². The molecule has 27 heavy (non-hydrogen) atoms. The molecule has 1 fully saturated rings. The molecule has 3 aromatic rings. The van der Waals surface area contributed by atoms with Crippen LogP contribution in [0.3, 0.4) is 0 Å². The highest BCUT2D eigenvalue weighted by Crippen LogP contribution is 2.45. The second-order valence-electron chi connectivity index (χ2n) is 7.52. The number of H-pyrrole nitrogens is 1. The number of imidazole rings is 1. The van der Waals surface area contributed by atoms with E-state index in [0.29, 0.717) is 5.92 Å². The zero-order valence-electron chi connectivity index (χ0n) is 15.4. The molecule has 5 rings (SSSR count). The number of likely N-dealkylation sites (tertiary alicyclic amines) is 1. The van der Waals surface area contributed by atoms with Crippen molar-refractivity contribution in [2.75, 3.05) is 13.7 Å². The van der Waals surface area contributed by atoms with Gasteiger partial charge in [-0.2, -0.15) is 0 Å². The maximum absolute atomic E-state index is 13.3. The number of aromatic nitrogens is 2. The van der Waals surface area contributed by atoms with Gasteiger partial charge < -0.3 is 14.6 Å². The van der Waals surface area contributed by atoms with E-state index in [1.54, 1.807) is 13.4 Å². The minimum atomic E-state index is 0.118. The molecule has 2 aromatic carbocycles. The maximum atomic E-state index is 13.3. The number of rotatable bonds is 2. The number of hydrogen-bond donors (Lipinski definition) is 1. The Bertz CT molecular complexity index is 995. The van der Waals surface area contributed by atoms with Crippen LogP contribution in [0.25, 0.3) is 11.0 Å². The third-order valence-electron chi connectivity index (χ3n) is 6.16. The first kappa shape index (κ1) is 16.4. The molecule has 1 saturated heterocycles. The summed E-state index contributed by atoms with van der Waals surface area (Å²) in [7, 11) is 1.74. The van der Waals surface area contributed by atoms with Crippen LogP contribution in [0.5, 0.6) is 5.75 Å². The fraction of sp³-hybridized carbons (Fsp3) is 0.364. The Hall–Kier alpha value is -2.82. The first-order chi connectivity index (χ1) is 13.3. The van der Waals surface area contributed by atoms with Gasteiger partial charge in [0.15, 0.2) is 0 Å². The highest BCUT2D eigenvalue weighted by molar-refractivity contribution is 5.97. The fourth-order valence-corrected chi connectivity index (χ4v) is 4.94. The summed E-state index contributed by atoms with van der Waals surface area (Å²) in [6, 6.07) is 12.3. The van der Waals surface area contributed by atoms with E-state index >= 15 is 0 Å². The van der Waals surface area contributed by atoms with E-state index < -0.39 is 0 Å². The molecule has 1 aliphatic carbocycles. The zero-order valence-corrected chi connectivity index (χ0v) is 15.4. The number of aromatic amines is 1. The molecule has 2 aliphatic rings. The molecular weight excluding hydrogens is 338 g/mol. The zero-order chi connectivity index (χ0) is 18.4. The molecule has 1 aromatic heterocycles. The Morgan fingerprint density at radius 3 is 3.07 bits per heavy atom. The molecule has 2 heterocycles. The number of methoxy groups -OCH3 is 1. The Morgan fingerprint density at radius 1 is 1.26 bits per heavy atom. The van der Waals surface area contributed by atoms with Crippen LogP contribution >= 0.6 is 0 Å². The van der Waals surface area contributed by atoms with Crippen molar-refractivity contribution >= 4 is 16.9 Å². The van der Waals surface area contributed by atoms with Crippen LogP contribution in [-0.4, -0.2) is 40.5 Å². The second kappa shape index (κ2) is 6.41. The predicted molar refractivity (Wildman–Crippen MR) is 104 cm³/mol. The van der Waals surface area contributed by atoms with Gasteiger partial charge in [-0.3, -0.25) is 4.79 Å². The van der Waals surface area contributed by atoms with Gasteiger partial charge in [0.2, 0.25) is 0 Å². The van der Waals surface area contributed by atoms with Crippen LogP contribution < -0.4 is 4.74 Å². The van der Waals surface area contributed by atoms with Crippen LogP contribution in [-0.2, 0) is 6.42 Å². The SMILES string of the molecule is COc1cccc2c1[C@H]1CCCN(C(=O)c3ccc4[nH]cnc4c3)[C@@H]1CC2. The number of ether oxygens (including phenoxy) is 1. The van der Waals surface area contributed by atoms with Crippen molar-refractivity contribution in [3.05, 3.63) is 59.4 Å². The van der Waals surface area contributed by atoms with E-state index in [0.717, 1.165) is 54.6 Å². The summed E-state index contributed by atoms with van der Waals surface area (Å²) in [6.07, 6.45) is 5.81. The Balaban J connectivity index is 1.50. The van der Waals surface area contributed by atoms with E-state index in [-0.39, 0.29) is 11.9 Å². The van der Waals surface area contributed by atoms with Gasteiger partial charge >= 0.3 is 0 Å². The first-order valence-corrected chi connectivity index (χ1v) is 9.66. The van der Waals surface area contributed by atoms with Crippen molar-refractivity contribution in [2.24, 2.45) is 0 Å². The average molecular weight is 361 g/mol. The molecule has 5 nitrogen and oxygen atoms in total. The monoisotopic (exact) mass is 361 g/mol. The molecule has 0 radical (unpaired) electrons. The molecule has 0 unspecified atom stereocenters. The lowest BCUT2D eigenvalue weighted by Gasteiger charge is -2.45. The van der Waals surface area contributed by atoms with E-state index in [1.807, 2.05) is 24.3 Å². The third kappa shape index (κ3) is 2.60. The Labute approximate surface area is 158 Å². The van der Waals surface area contributed by atoms with Crippen molar-refractivity contribution in [3.63, 3.8) is 0 Å². The lowest BCUT2D eigenvalue weighted by atomic mass is 9.73. The number of amides is 1. The van der Waals surface area contributed by atoms with E-state index in [4.69, 9.17) is 4.74 Å². The maximum Gasteiger partial charge on any atom is 0.254 e. The summed E-state index contributed by atoms with van der Waals surface area (Å²) >= 11 is 0. The third-order valence-corrected chi connectivity index (χ3v) is 6.16. The molecule has 0 spiro atoms. The summed E-state index contributed by atoms with van der Waals surface area (Å²) in [4.78, 5) is 22.8. The van der Waals surface area contributed by atoms with E-state index in [1.165, 1.54) is 11.1 Å². The highest BCUT2D eigenvalue weighted by Gasteiger charge is 2.40. The highest BCUT2D eigenvalue weighted by atomic mass is 16.5. The summed E-state index contributed by atoms with van der Waals surface area (Å²) in [6.45, 7) is 0.823. The number of piperidine rings is 1. The molecule has 138 valence electrons. The fourth-order valence-electron chi connectivity index (χ4n) is 4.94. The standard InChI is InChI=1S/C22H23N3O2/c1-27-20-6-2-4-14-8-10-19-16(21(14)20)5-3-11-25(19)22(26)15-7-9-17-18(12-15)24-13-23-17/h2,4,6-7,9,12-13,16,19H,3,5,8,10-11H2,1H3,(H,23,24)/t16-,19+/m0/s1. The summed E-state index contributed by atoms with van der Waals surface area (Å²) in [5, 5.41) is 0. The minimum Gasteiger partial charge on any atom is -0.496 e. The number of carbonyl (C=O) groups is 1. The summed E-state index contributed by atoms with van der Waals surface area (Å²) in [5.41, 5.74) is 5.21. The van der Waals surface area contributed by atoms with Gasteiger partial charge in [0.05, 0.1) is 24.5 Å². The van der Waals surface area contributed by atoms with Crippen LogP contribution in [0.1, 0.15) is 46.7 Å². The van der Waals surface area contributed by atoms with Crippen LogP contribution in [0.15, 0.2) is 42.7 Å². The quantitative estimate of drug-likeness (QED) is 0.753. The number of nitrogens with zero attached hydrogens (tertiary/aromatic N) is 2. The average Bonchev–Trinajstić information content (AvgIpc) is 3.20. The van der Waals surface area contributed by atoms with Gasteiger partial charge in [-0.1, -0.05) is 12.1 Å². The topological polar surface area (TPSA) is 58.2 Å². The van der Waals surface area contributed by atoms with Crippen LogP contribution in [0, 0.1) is 0 Å². The number of benzene rings is 2. The summed E-state index contributed by atoms with van der Waals surface area (Å²) < 4.78 is 5.67. The van der Waals surface area contributed by atoms with Crippen molar-refractivity contribution in [1.82, 2.24) is 14.9 Å². The van der Waals surface area contributed by atoms with Gasteiger partial charge in [-0.15, -0.1) is 0 Å². The molecule has 0 bridgehead atoms. The molecule has 0 saturated carbocycles. The van der Waals surface area contributed by atoms with E-state index in [2.05, 4.69) is 27.0 Å². The normalized spacial score (nSPS) is 21.6. The lowest BCUT2D eigenvalue weighted by Crippen LogP contribution is -2.49. The van der Waals surface area contributed by atoms with Crippen molar-refractivity contribution in [1.29, 1.82) is 0 Å². The smallest absolute Gasteiger partial charge is 0.254 e. The molecular formula is C22H23N3O2. The first-order valence-electron chi connectivity index (χ1n) is 9.66. The van der Waals surface area contributed by atoms with Gasteiger partial charge in [-0.25, -0.2) is 4.98 Å². The minimum absolute atomic E-state index is 0.118. The van der Waals surface area contributed by atoms with E-state index in [9.17, 15) is 4.79 Å². The van der Waals surface area contributed by atoms with Crippen molar-refractivity contribution < 1.29 is 9.53 Å². The number of aryl methyl sites for hydroxylation is 1. The number of nitrogens with one attached hydrogen (secondary N) is 1. The number of hydrogen-bond acceptors (Lipinski definition) is 3. The molecule has 1 aliphatic heterocycles. The van der Waals surface area contributed by atoms with Gasteiger partial charge in [0, 0.05) is 29.6 Å². The molecule has 1 amide bonds. The lowest BCUT2D eigenvalue weighted by molar-refractivity contribution is 0.0544. The molecule has 1 N–H and O–H groups in total. The number of fused-ring (bicyclic) bond motifs is 4. The largest absolute Gasteiger partial charge is 0.496 e. The van der Waals surface area contributed by atoms with Gasteiger partial charge in [0.25, 0.3) is 5.91 Å². The van der Waals surface area contributed by atoms with Crippen molar-refractivity contribution in [3.8, 4) is 5.75 Å². The van der Waals surface area contributed by atoms with Crippen molar-refractivity contribution in [2.45, 2.75) is 37.6 Å². The van der Waals surface area contributed by atoms with Gasteiger partial charge in [0.1, 0.15) is 5.75 Å². The Morgan fingerprint density at radius 2 is 2.19 bits per heavy atom. The second-order valence-corrected chi connectivity index (χ2v) is 7.52. The van der Waals surface area contributed by atoms with Crippen LogP contribution in [0.2, 0.25) is 0 Å². The Kier molecular flexibility index (Phi) is 3.88. The predicted octanol–water partition coefficient (Wildman–Crippen LogP) is 3.91. The molecule has 2 atom stereocenters. The van der Waals surface area contributed by atoms with Crippen LogP contribution in [0.4, 0.5) is 0 Å². The molecule has 5 heteroatoms. The number of carbonyl (C=O) groups excluding carboxylic acids is 1.